The van der Waals surface area contributed by atoms with E-state index in [1.807, 2.05) is 0 Å². The van der Waals surface area contributed by atoms with Gasteiger partial charge in [0.15, 0.2) is 11.6 Å². The summed E-state index contributed by atoms with van der Waals surface area (Å²) in [5, 5.41) is 9.25. The second-order valence-electron chi connectivity index (χ2n) is 4.44. The van der Waals surface area contributed by atoms with Crippen molar-refractivity contribution < 1.29 is 13.9 Å². The van der Waals surface area contributed by atoms with E-state index in [4.69, 9.17) is 0 Å². The second-order valence-corrected chi connectivity index (χ2v) is 4.44. The van der Waals surface area contributed by atoms with Crippen molar-refractivity contribution in [3.8, 4) is 0 Å². The average Bonchev–Trinajstić information content (AvgIpc) is 2.17. The maximum atomic E-state index is 12.9. The van der Waals surface area contributed by atoms with Gasteiger partial charge in [-0.15, -0.1) is 0 Å². The van der Waals surface area contributed by atoms with Crippen LogP contribution in [-0.2, 0) is 6.42 Å². The Kier molecular flexibility index (Phi) is 2.74. The molecule has 0 atom stereocenters. The van der Waals surface area contributed by atoms with E-state index < -0.39 is 11.6 Å². The van der Waals surface area contributed by atoms with E-state index in [-0.39, 0.29) is 12.0 Å². The molecule has 0 aliphatic heterocycles. The minimum absolute atomic E-state index is 0.0791. The lowest BCUT2D eigenvalue weighted by Gasteiger charge is -2.40. The summed E-state index contributed by atoms with van der Waals surface area (Å²) in [6, 6.07) is 3.97. The first kappa shape index (κ1) is 10.6. The lowest BCUT2D eigenvalue weighted by atomic mass is 9.66. The topological polar surface area (TPSA) is 20.2 Å². The van der Waals surface area contributed by atoms with Crippen LogP contribution in [0.5, 0.6) is 0 Å². The van der Waals surface area contributed by atoms with Crippen LogP contribution in [0.1, 0.15) is 24.8 Å². The van der Waals surface area contributed by atoms with Crippen molar-refractivity contribution in [2.45, 2.75) is 25.7 Å². The summed E-state index contributed by atoms with van der Waals surface area (Å²) in [5.41, 5.74) is 0.687. The van der Waals surface area contributed by atoms with Crippen LogP contribution in [0.15, 0.2) is 18.2 Å². The highest BCUT2D eigenvalue weighted by molar-refractivity contribution is 5.20. The Hall–Kier alpha value is -0.960. The maximum Gasteiger partial charge on any atom is 0.159 e. The Balaban J connectivity index is 2.13. The number of aliphatic hydroxyl groups excluding tert-OH is 1. The van der Waals surface area contributed by atoms with Gasteiger partial charge in [-0.3, -0.25) is 0 Å². The largest absolute Gasteiger partial charge is 0.396 e. The zero-order valence-corrected chi connectivity index (χ0v) is 8.47. The van der Waals surface area contributed by atoms with Crippen molar-refractivity contribution in [3.05, 3.63) is 35.4 Å². The molecule has 1 N–H and O–H groups in total. The van der Waals surface area contributed by atoms with Crippen molar-refractivity contribution >= 4 is 0 Å². The van der Waals surface area contributed by atoms with Gasteiger partial charge in [0, 0.05) is 6.61 Å². The molecule has 2 rings (SSSR count). The van der Waals surface area contributed by atoms with Crippen LogP contribution in [0.2, 0.25) is 0 Å². The molecule has 1 aromatic rings. The molecule has 1 aromatic carbocycles. The lowest BCUT2D eigenvalue weighted by Crippen LogP contribution is -2.35. The lowest BCUT2D eigenvalue weighted by molar-refractivity contribution is 0.0449. The number of halogens is 2. The van der Waals surface area contributed by atoms with Crippen molar-refractivity contribution in [1.29, 1.82) is 0 Å². The number of aliphatic hydroxyl groups is 1. The van der Waals surface area contributed by atoms with E-state index in [0.29, 0.717) is 6.42 Å². The van der Waals surface area contributed by atoms with E-state index in [1.54, 1.807) is 6.07 Å². The highest BCUT2D eigenvalue weighted by Crippen LogP contribution is 2.43. The van der Waals surface area contributed by atoms with Gasteiger partial charge in [0.2, 0.25) is 0 Å². The summed E-state index contributed by atoms with van der Waals surface area (Å²) >= 11 is 0. The Bertz CT molecular complexity index is 353. The summed E-state index contributed by atoms with van der Waals surface area (Å²) in [4.78, 5) is 0. The fourth-order valence-electron chi connectivity index (χ4n) is 2.15. The van der Waals surface area contributed by atoms with Gasteiger partial charge < -0.3 is 5.11 Å². The highest BCUT2D eigenvalue weighted by atomic mass is 19.2. The number of hydrogen-bond donors (Lipinski definition) is 1. The highest BCUT2D eigenvalue weighted by Gasteiger charge is 2.36. The second kappa shape index (κ2) is 3.89. The molecule has 0 amide bonds. The molecule has 0 heterocycles. The van der Waals surface area contributed by atoms with Crippen molar-refractivity contribution in [3.63, 3.8) is 0 Å². The number of rotatable bonds is 3. The first-order chi connectivity index (χ1) is 7.15. The minimum atomic E-state index is -0.814. The third-order valence-corrected chi connectivity index (χ3v) is 3.31. The van der Waals surface area contributed by atoms with Crippen LogP contribution in [0, 0.1) is 17.0 Å². The summed E-state index contributed by atoms with van der Waals surface area (Å²) in [5.74, 6) is -1.62. The minimum Gasteiger partial charge on any atom is -0.396 e. The molecule has 15 heavy (non-hydrogen) atoms. The van der Waals surface area contributed by atoms with Gasteiger partial charge in [0.1, 0.15) is 0 Å². The van der Waals surface area contributed by atoms with Gasteiger partial charge in [-0.25, -0.2) is 8.78 Å². The summed E-state index contributed by atoms with van der Waals surface area (Å²) in [6.07, 6.45) is 3.70. The Morgan fingerprint density at radius 1 is 1.20 bits per heavy atom. The predicted molar refractivity (Wildman–Crippen MR) is 53.4 cm³/mol. The van der Waals surface area contributed by atoms with E-state index in [2.05, 4.69) is 0 Å². The third kappa shape index (κ3) is 2.02. The smallest absolute Gasteiger partial charge is 0.159 e. The summed E-state index contributed by atoms with van der Waals surface area (Å²) < 4.78 is 25.6. The monoisotopic (exact) mass is 212 g/mol. The third-order valence-electron chi connectivity index (χ3n) is 3.31. The zero-order valence-electron chi connectivity index (χ0n) is 8.47. The fourth-order valence-corrected chi connectivity index (χ4v) is 2.15. The van der Waals surface area contributed by atoms with Crippen LogP contribution in [0.25, 0.3) is 0 Å². The van der Waals surface area contributed by atoms with E-state index >= 15 is 0 Å². The van der Waals surface area contributed by atoms with E-state index in [9.17, 15) is 13.9 Å². The molecule has 0 unspecified atom stereocenters. The van der Waals surface area contributed by atoms with E-state index in [0.717, 1.165) is 30.9 Å². The van der Waals surface area contributed by atoms with Crippen LogP contribution in [0.4, 0.5) is 8.78 Å². The normalized spacial score (nSPS) is 18.6. The van der Waals surface area contributed by atoms with Crippen LogP contribution >= 0.6 is 0 Å². The molecule has 1 saturated carbocycles. The fraction of sp³-hybridized carbons (Fsp3) is 0.500. The van der Waals surface area contributed by atoms with E-state index in [1.165, 1.54) is 6.07 Å². The van der Waals surface area contributed by atoms with Gasteiger partial charge in [-0.1, -0.05) is 12.5 Å². The van der Waals surface area contributed by atoms with Crippen LogP contribution in [0.3, 0.4) is 0 Å². The standard InChI is InChI=1S/C12H14F2O/c13-10-3-2-9(6-11(10)14)7-12(8-15)4-1-5-12/h2-3,6,15H,1,4-5,7-8H2. The number of hydrogen-bond acceptors (Lipinski definition) is 1. The maximum absolute atomic E-state index is 12.9. The van der Waals surface area contributed by atoms with Gasteiger partial charge in [0.05, 0.1) is 0 Å². The molecule has 82 valence electrons. The zero-order chi connectivity index (χ0) is 10.9. The molecule has 0 radical (unpaired) electrons. The number of benzene rings is 1. The Labute approximate surface area is 87.7 Å². The molecule has 3 heteroatoms. The molecule has 1 fully saturated rings. The Morgan fingerprint density at radius 2 is 1.93 bits per heavy atom. The molecule has 0 bridgehead atoms. The molecule has 0 spiro atoms. The first-order valence-corrected chi connectivity index (χ1v) is 5.20. The first-order valence-electron chi connectivity index (χ1n) is 5.20. The average molecular weight is 212 g/mol. The summed E-state index contributed by atoms with van der Waals surface area (Å²) in [6.45, 7) is 0.131. The Morgan fingerprint density at radius 3 is 2.40 bits per heavy atom. The molecular formula is C12H14F2O. The van der Waals surface area contributed by atoms with Crippen LogP contribution in [-0.4, -0.2) is 11.7 Å². The van der Waals surface area contributed by atoms with Gasteiger partial charge in [-0.2, -0.15) is 0 Å². The SMILES string of the molecule is OCC1(Cc2ccc(F)c(F)c2)CCC1. The molecule has 0 saturated heterocycles. The molecule has 0 aromatic heterocycles. The van der Waals surface area contributed by atoms with Crippen molar-refractivity contribution in [2.24, 2.45) is 5.41 Å². The molecule has 1 aliphatic rings. The van der Waals surface area contributed by atoms with Gasteiger partial charge in [-0.05, 0) is 42.4 Å². The van der Waals surface area contributed by atoms with Crippen LogP contribution < -0.4 is 0 Å². The van der Waals surface area contributed by atoms with Crippen molar-refractivity contribution in [2.75, 3.05) is 6.61 Å². The molecular weight excluding hydrogens is 198 g/mol. The quantitative estimate of drug-likeness (QED) is 0.816. The van der Waals surface area contributed by atoms with Crippen molar-refractivity contribution in [1.82, 2.24) is 0 Å². The van der Waals surface area contributed by atoms with Gasteiger partial charge >= 0.3 is 0 Å². The summed E-state index contributed by atoms with van der Waals surface area (Å²) in [7, 11) is 0. The van der Waals surface area contributed by atoms with Gasteiger partial charge in [0.25, 0.3) is 0 Å². The predicted octanol–water partition coefficient (Wildman–Crippen LogP) is 2.67. The molecule has 1 aliphatic carbocycles. The molecule has 1 nitrogen and oxygen atoms in total.